The van der Waals surface area contributed by atoms with Crippen LogP contribution in [0.5, 0.6) is 5.75 Å². The first kappa shape index (κ1) is 12.4. The van der Waals surface area contributed by atoms with Crippen molar-refractivity contribution < 1.29 is 14.3 Å². The fourth-order valence-corrected chi connectivity index (χ4v) is 3.34. The maximum atomic E-state index is 13.6. The van der Waals surface area contributed by atoms with Gasteiger partial charge in [0.2, 0.25) is 0 Å². The number of hydrogen-bond donors (Lipinski definition) is 2. The average molecular weight is 264 g/mol. The van der Waals surface area contributed by atoms with Crippen LogP contribution in [0.1, 0.15) is 23.2 Å². The molecule has 4 nitrogen and oxygen atoms in total. The number of likely N-dealkylation sites (N-methyl/N-ethyl adjacent to an activating group) is 1. The summed E-state index contributed by atoms with van der Waals surface area (Å²) >= 11 is 0. The number of phenols is 1. The topological polar surface area (TPSA) is 52.6 Å². The highest BCUT2D eigenvalue weighted by atomic mass is 19.1. The van der Waals surface area contributed by atoms with Gasteiger partial charge < -0.3 is 10.4 Å². The molecule has 0 aromatic heterocycles. The molecule has 1 amide bonds. The summed E-state index contributed by atoms with van der Waals surface area (Å²) in [4.78, 5) is 14.2. The Morgan fingerprint density at radius 1 is 1.58 bits per heavy atom. The Bertz CT molecular complexity index is 526. The van der Waals surface area contributed by atoms with E-state index in [0.717, 1.165) is 31.4 Å². The van der Waals surface area contributed by atoms with Crippen molar-refractivity contribution >= 4 is 5.91 Å². The molecule has 2 N–H and O–H groups in total. The van der Waals surface area contributed by atoms with Gasteiger partial charge in [0.05, 0.1) is 5.56 Å². The Kier molecular flexibility index (Phi) is 2.74. The Labute approximate surface area is 111 Å². The summed E-state index contributed by atoms with van der Waals surface area (Å²) in [5, 5.41) is 11.9. The molecule has 3 fully saturated rings. The van der Waals surface area contributed by atoms with Gasteiger partial charge >= 0.3 is 0 Å². The first-order valence-corrected chi connectivity index (χ1v) is 6.48. The number of halogens is 1. The Hall–Kier alpha value is -1.62. The van der Waals surface area contributed by atoms with Crippen LogP contribution in [-0.2, 0) is 0 Å². The van der Waals surface area contributed by atoms with Crippen LogP contribution in [0, 0.1) is 11.7 Å². The number of benzene rings is 1. The molecule has 3 aliphatic rings. The molecule has 19 heavy (non-hydrogen) atoms. The molecule has 0 unspecified atom stereocenters. The molecule has 2 aliphatic heterocycles. The zero-order valence-corrected chi connectivity index (χ0v) is 10.8. The van der Waals surface area contributed by atoms with E-state index in [1.54, 1.807) is 0 Å². The molecule has 4 rings (SSSR count). The second-order valence-electron chi connectivity index (χ2n) is 5.73. The molecular formula is C14H17FN2O2. The number of carbonyl (C=O) groups is 1. The summed E-state index contributed by atoms with van der Waals surface area (Å²) in [6.45, 7) is 1.64. The van der Waals surface area contributed by atoms with Gasteiger partial charge in [0.25, 0.3) is 5.91 Å². The van der Waals surface area contributed by atoms with E-state index >= 15 is 0 Å². The van der Waals surface area contributed by atoms with Crippen molar-refractivity contribution in [2.45, 2.75) is 18.4 Å². The largest absolute Gasteiger partial charge is 0.508 e. The van der Waals surface area contributed by atoms with Gasteiger partial charge in [-0.25, -0.2) is 4.39 Å². The van der Waals surface area contributed by atoms with Crippen LogP contribution in [0.4, 0.5) is 4.39 Å². The van der Waals surface area contributed by atoms with Gasteiger partial charge in [-0.2, -0.15) is 0 Å². The standard InChI is InChI=1S/C14H17FN2O2/c1-17-7-9-5-14(17,6-9)8-16-13(19)11-3-2-10(18)4-12(11)15/h2-4,9,18H,5-8H2,1H3,(H,16,19). The molecule has 2 saturated heterocycles. The van der Waals surface area contributed by atoms with Gasteiger partial charge in [0.15, 0.2) is 0 Å². The fraction of sp³-hybridized carbons (Fsp3) is 0.500. The van der Waals surface area contributed by atoms with E-state index in [9.17, 15) is 9.18 Å². The van der Waals surface area contributed by atoms with Crippen LogP contribution in [0.15, 0.2) is 18.2 Å². The van der Waals surface area contributed by atoms with Crippen molar-refractivity contribution in [2.75, 3.05) is 20.1 Å². The van der Waals surface area contributed by atoms with Crippen LogP contribution in [-0.4, -0.2) is 41.6 Å². The highest BCUT2D eigenvalue weighted by Gasteiger charge is 2.54. The summed E-state index contributed by atoms with van der Waals surface area (Å²) in [5.41, 5.74) is 0.0546. The van der Waals surface area contributed by atoms with Crippen LogP contribution < -0.4 is 5.32 Å². The lowest BCUT2D eigenvalue weighted by Gasteiger charge is -2.41. The number of nitrogens with one attached hydrogen (secondary N) is 1. The third-order valence-electron chi connectivity index (χ3n) is 4.45. The molecule has 2 bridgehead atoms. The smallest absolute Gasteiger partial charge is 0.254 e. The Morgan fingerprint density at radius 2 is 2.32 bits per heavy atom. The molecular weight excluding hydrogens is 247 g/mol. The van der Waals surface area contributed by atoms with Gasteiger partial charge in [-0.3, -0.25) is 9.69 Å². The number of carbonyl (C=O) groups excluding carboxylic acids is 1. The first-order chi connectivity index (χ1) is 9.00. The Balaban J connectivity index is 1.66. The number of amides is 1. The number of phenolic OH excluding ortho intramolecular Hbond substituents is 1. The lowest BCUT2D eigenvalue weighted by Crippen LogP contribution is -2.53. The molecule has 1 aliphatic carbocycles. The van der Waals surface area contributed by atoms with E-state index in [2.05, 4.69) is 17.3 Å². The van der Waals surface area contributed by atoms with Crippen molar-refractivity contribution in [3.8, 4) is 5.75 Å². The molecule has 102 valence electrons. The highest BCUT2D eigenvalue weighted by Crippen LogP contribution is 2.49. The van der Waals surface area contributed by atoms with Crippen LogP contribution >= 0.6 is 0 Å². The van der Waals surface area contributed by atoms with Gasteiger partial charge in [-0.15, -0.1) is 0 Å². The van der Waals surface area contributed by atoms with Crippen molar-refractivity contribution in [3.05, 3.63) is 29.6 Å². The summed E-state index contributed by atoms with van der Waals surface area (Å²) in [6.07, 6.45) is 2.23. The minimum absolute atomic E-state index is 0.0225. The van der Waals surface area contributed by atoms with Crippen molar-refractivity contribution in [1.82, 2.24) is 10.2 Å². The lowest BCUT2D eigenvalue weighted by molar-refractivity contribution is 0.0862. The molecule has 5 heteroatoms. The van der Waals surface area contributed by atoms with Crippen molar-refractivity contribution in [1.29, 1.82) is 0 Å². The first-order valence-electron chi connectivity index (χ1n) is 6.48. The zero-order chi connectivity index (χ0) is 13.6. The minimum Gasteiger partial charge on any atom is -0.508 e. The number of rotatable bonds is 3. The Morgan fingerprint density at radius 3 is 2.89 bits per heavy atom. The SMILES string of the molecule is CN1CC2CC1(CNC(=O)c1ccc(O)cc1F)C2. The van der Waals surface area contributed by atoms with E-state index in [0.29, 0.717) is 6.54 Å². The van der Waals surface area contributed by atoms with E-state index in [1.807, 2.05) is 0 Å². The molecule has 0 spiro atoms. The summed E-state index contributed by atoms with van der Waals surface area (Å²) in [6, 6.07) is 3.57. The normalized spacial score (nSPS) is 29.1. The van der Waals surface area contributed by atoms with Crippen LogP contribution in [0.2, 0.25) is 0 Å². The second-order valence-corrected chi connectivity index (χ2v) is 5.73. The molecule has 1 aromatic rings. The van der Waals surface area contributed by atoms with E-state index in [-0.39, 0.29) is 16.9 Å². The average Bonchev–Trinajstić information content (AvgIpc) is 2.77. The maximum absolute atomic E-state index is 13.6. The van der Waals surface area contributed by atoms with Crippen LogP contribution in [0.3, 0.4) is 0 Å². The number of nitrogens with zero attached hydrogens (tertiary/aromatic N) is 1. The number of hydrogen-bond acceptors (Lipinski definition) is 3. The third-order valence-corrected chi connectivity index (χ3v) is 4.45. The fourth-order valence-electron chi connectivity index (χ4n) is 3.34. The quantitative estimate of drug-likeness (QED) is 0.866. The van der Waals surface area contributed by atoms with Gasteiger partial charge in [0, 0.05) is 24.7 Å². The summed E-state index contributed by atoms with van der Waals surface area (Å²) in [5.74, 6) is -0.533. The molecule has 0 radical (unpaired) electrons. The van der Waals surface area contributed by atoms with Gasteiger partial charge in [-0.05, 0) is 37.9 Å². The molecule has 1 aromatic carbocycles. The molecule has 1 saturated carbocycles. The van der Waals surface area contributed by atoms with Gasteiger partial charge in [-0.1, -0.05) is 0 Å². The predicted octanol–water partition coefficient (Wildman–Crippen LogP) is 1.36. The van der Waals surface area contributed by atoms with Gasteiger partial charge in [0.1, 0.15) is 11.6 Å². The van der Waals surface area contributed by atoms with Crippen molar-refractivity contribution in [2.24, 2.45) is 5.92 Å². The molecule has 2 heterocycles. The highest BCUT2D eigenvalue weighted by molar-refractivity contribution is 5.94. The summed E-state index contributed by atoms with van der Waals surface area (Å²) in [7, 11) is 2.07. The lowest BCUT2D eigenvalue weighted by atomic mass is 9.73. The van der Waals surface area contributed by atoms with E-state index < -0.39 is 11.7 Å². The minimum atomic E-state index is -0.693. The summed E-state index contributed by atoms with van der Waals surface area (Å²) < 4.78 is 13.6. The second kappa shape index (κ2) is 4.20. The number of aromatic hydroxyl groups is 1. The van der Waals surface area contributed by atoms with E-state index in [4.69, 9.17) is 5.11 Å². The van der Waals surface area contributed by atoms with Crippen molar-refractivity contribution in [3.63, 3.8) is 0 Å². The zero-order valence-electron chi connectivity index (χ0n) is 10.8. The molecule has 0 atom stereocenters. The third kappa shape index (κ3) is 1.98. The number of fused-ring (bicyclic) bond motifs is 1. The maximum Gasteiger partial charge on any atom is 0.254 e. The van der Waals surface area contributed by atoms with Crippen LogP contribution in [0.25, 0.3) is 0 Å². The van der Waals surface area contributed by atoms with E-state index in [1.165, 1.54) is 12.1 Å². The monoisotopic (exact) mass is 264 g/mol. The predicted molar refractivity (Wildman–Crippen MR) is 68.5 cm³/mol.